The molecule has 0 bridgehead atoms. The average molecular weight is 364 g/mol. The molecule has 0 aromatic heterocycles. The molecule has 140 valence electrons. The van der Waals surface area contributed by atoms with Crippen LogP contribution in [0, 0.1) is 5.41 Å². The number of para-hydroxylation sites is 1. The van der Waals surface area contributed by atoms with E-state index in [-0.39, 0.29) is 17.1 Å². The highest BCUT2D eigenvalue weighted by Crippen LogP contribution is 2.31. The Morgan fingerprint density at radius 3 is 2.52 bits per heavy atom. The summed E-state index contributed by atoms with van der Waals surface area (Å²) in [5.74, 6) is 0.312. The summed E-state index contributed by atoms with van der Waals surface area (Å²) in [6.07, 6.45) is 1.55. The number of benzene rings is 2. The highest BCUT2D eigenvalue weighted by Gasteiger charge is 2.30. The number of ketones is 1. The first-order valence-electron chi connectivity index (χ1n) is 9.06. The number of carbonyl (C=O) groups excluding carboxylic acids is 2. The fourth-order valence-corrected chi connectivity index (χ4v) is 3.29. The molecule has 1 saturated carbocycles. The fourth-order valence-electron chi connectivity index (χ4n) is 3.29. The Balaban J connectivity index is 1.68. The number of ether oxygens (including phenoxy) is 1. The van der Waals surface area contributed by atoms with Gasteiger partial charge in [-0.25, -0.2) is 5.43 Å². The van der Waals surface area contributed by atoms with Crippen molar-refractivity contribution in [2.24, 2.45) is 10.5 Å². The highest BCUT2D eigenvalue weighted by atomic mass is 16.5. The van der Waals surface area contributed by atoms with Crippen LogP contribution in [0.5, 0.6) is 5.75 Å². The van der Waals surface area contributed by atoms with E-state index in [2.05, 4.69) is 10.5 Å². The summed E-state index contributed by atoms with van der Waals surface area (Å²) in [5, 5.41) is 4.21. The summed E-state index contributed by atoms with van der Waals surface area (Å²) in [6, 6.07) is 16.8. The van der Waals surface area contributed by atoms with Gasteiger partial charge in [-0.1, -0.05) is 56.3 Å². The Bertz CT molecular complexity index is 857. The average Bonchev–Trinajstić information content (AvgIpc) is 2.64. The molecule has 5 heteroatoms. The molecule has 1 aliphatic carbocycles. The van der Waals surface area contributed by atoms with Gasteiger partial charge in [-0.05, 0) is 29.5 Å². The smallest absolute Gasteiger partial charge is 0.275 e. The van der Waals surface area contributed by atoms with Crippen molar-refractivity contribution in [3.8, 4) is 5.75 Å². The van der Waals surface area contributed by atoms with Crippen molar-refractivity contribution in [2.75, 3.05) is 0 Å². The number of rotatable bonds is 5. The number of nitrogens with zero attached hydrogens (tertiary/aromatic N) is 1. The predicted octanol–water partition coefficient (Wildman–Crippen LogP) is 4.13. The number of Topliss-reactive ketones (excluding diaryl/α,β-unsaturated/α-hetero) is 1. The van der Waals surface area contributed by atoms with Crippen molar-refractivity contribution in [1.29, 1.82) is 0 Å². The minimum Gasteiger partial charge on any atom is -0.488 e. The zero-order valence-corrected chi connectivity index (χ0v) is 15.7. The quantitative estimate of drug-likeness (QED) is 0.811. The van der Waals surface area contributed by atoms with Crippen molar-refractivity contribution in [3.63, 3.8) is 0 Å². The molecule has 1 aliphatic rings. The van der Waals surface area contributed by atoms with Crippen molar-refractivity contribution < 1.29 is 14.3 Å². The van der Waals surface area contributed by atoms with Crippen molar-refractivity contribution >= 4 is 17.4 Å². The van der Waals surface area contributed by atoms with Crippen LogP contribution in [-0.4, -0.2) is 17.4 Å². The van der Waals surface area contributed by atoms with E-state index in [1.807, 2.05) is 50.2 Å². The van der Waals surface area contributed by atoms with Crippen LogP contribution in [0.2, 0.25) is 0 Å². The maximum atomic E-state index is 12.6. The van der Waals surface area contributed by atoms with Crippen LogP contribution in [0.15, 0.2) is 59.7 Å². The van der Waals surface area contributed by atoms with Crippen LogP contribution in [0.25, 0.3) is 0 Å². The molecular formula is C22H24N2O3. The second-order valence-electron chi connectivity index (χ2n) is 7.62. The summed E-state index contributed by atoms with van der Waals surface area (Å²) < 4.78 is 5.82. The van der Waals surface area contributed by atoms with Crippen LogP contribution in [0.4, 0.5) is 0 Å². The monoisotopic (exact) mass is 364 g/mol. The minimum absolute atomic E-state index is 0.115. The van der Waals surface area contributed by atoms with Gasteiger partial charge in [0, 0.05) is 18.6 Å². The zero-order valence-electron chi connectivity index (χ0n) is 15.7. The first kappa shape index (κ1) is 18.8. The number of nitrogens with one attached hydrogen (secondary N) is 1. The van der Waals surface area contributed by atoms with Gasteiger partial charge in [0.05, 0.1) is 5.56 Å². The minimum atomic E-state index is -0.345. The largest absolute Gasteiger partial charge is 0.488 e. The molecule has 0 unspecified atom stereocenters. The van der Waals surface area contributed by atoms with Gasteiger partial charge in [-0.2, -0.15) is 5.10 Å². The number of hydrogen-bond acceptors (Lipinski definition) is 4. The van der Waals surface area contributed by atoms with Gasteiger partial charge >= 0.3 is 0 Å². The third kappa shape index (κ3) is 5.26. The Labute approximate surface area is 159 Å². The van der Waals surface area contributed by atoms with Crippen molar-refractivity contribution in [1.82, 2.24) is 5.43 Å². The lowest BCUT2D eigenvalue weighted by molar-refractivity contribution is -0.120. The van der Waals surface area contributed by atoms with Crippen LogP contribution in [0.1, 0.15) is 49.0 Å². The maximum absolute atomic E-state index is 12.6. The molecule has 1 N–H and O–H groups in total. The lowest BCUT2D eigenvalue weighted by Crippen LogP contribution is -2.31. The number of hydrazone groups is 1. The molecule has 0 radical (unpaired) electrons. The van der Waals surface area contributed by atoms with E-state index >= 15 is 0 Å². The molecule has 0 atom stereocenters. The first-order chi connectivity index (χ1) is 12.9. The van der Waals surface area contributed by atoms with E-state index < -0.39 is 0 Å². The van der Waals surface area contributed by atoms with Crippen molar-refractivity contribution in [2.45, 2.75) is 39.7 Å². The predicted molar refractivity (Wildman–Crippen MR) is 105 cm³/mol. The van der Waals surface area contributed by atoms with Gasteiger partial charge in [-0.15, -0.1) is 0 Å². The molecule has 1 fully saturated rings. The molecule has 0 heterocycles. The second-order valence-corrected chi connectivity index (χ2v) is 7.62. The van der Waals surface area contributed by atoms with E-state index in [1.54, 1.807) is 18.2 Å². The molecule has 0 saturated heterocycles. The Morgan fingerprint density at radius 1 is 1.07 bits per heavy atom. The summed E-state index contributed by atoms with van der Waals surface area (Å²) in [6.45, 7) is 4.45. The number of carbonyl (C=O) groups is 2. The van der Waals surface area contributed by atoms with Gasteiger partial charge in [-0.3, -0.25) is 9.59 Å². The van der Waals surface area contributed by atoms with Crippen LogP contribution >= 0.6 is 0 Å². The summed E-state index contributed by atoms with van der Waals surface area (Å²) in [5.41, 5.74) is 4.62. The van der Waals surface area contributed by atoms with Crippen LogP contribution in [-0.2, 0) is 11.4 Å². The molecule has 27 heavy (non-hydrogen) atoms. The lowest BCUT2D eigenvalue weighted by Gasteiger charge is -2.29. The Hall–Kier alpha value is -2.95. The molecule has 2 aromatic rings. The molecule has 0 aliphatic heterocycles. The van der Waals surface area contributed by atoms with Gasteiger partial charge in [0.1, 0.15) is 18.1 Å². The fraction of sp³-hybridized carbons (Fsp3) is 0.318. The van der Waals surface area contributed by atoms with E-state index in [9.17, 15) is 9.59 Å². The molecule has 5 nitrogen and oxygen atoms in total. The van der Waals surface area contributed by atoms with Crippen LogP contribution < -0.4 is 10.2 Å². The standard InChI is InChI=1S/C22H24N2O3/c1-22(2)13-17(12-18(25)14-22)23-24-21(26)19-10-6-7-11-20(19)27-15-16-8-4-3-5-9-16/h3-11H,12-15H2,1-2H3,(H,24,26)/b23-17+. The molecule has 3 rings (SSSR count). The first-order valence-corrected chi connectivity index (χ1v) is 9.06. The Kier molecular flexibility index (Phi) is 5.69. The van der Waals surface area contributed by atoms with Gasteiger partial charge in [0.15, 0.2) is 0 Å². The molecular weight excluding hydrogens is 340 g/mol. The normalized spacial score (nSPS) is 17.6. The summed E-state index contributed by atoms with van der Waals surface area (Å²) >= 11 is 0. The molecule has 0 spiro atoms. The summed E-state index contributed by atoms with van der Waals surface area (Å²) in [7, 11) is 0. The Morgan fingerprint density at radius 2 is 1.78 bits per heavy atom. The van der Waals surface area contributed by atoms with Gasteiger partial charge in [0.2, 0.25) is 0 Å². The summed E-state index contributed by atoms with van der Waals surface area (Å²) in [4.78, 5) is 24.4. The van der Waals surface area contributed by atoms with Crippen LogP contribution in [0.3, 0.4) is 0 Å². The van der Waals surface area contributed by atoms with Crippen molar-refractivity contribution in [3.05, 3.63) is 65.7 Å². The zero-order chi connectivity index (χ0) is 19.3. The van der Waals surface area contributed by atoms with Gasteiger partial charge in [0.25, 0.3) is 5.91 Å². The third-order valence-corrected chi connectivity index (χ3v) is 4.44. The highest BCUT2D eigenvalue weighted by molar-refractivity contribution is 6.05. The number of hydrogen-bond donors (Lipinski definition) is 1. The SMILES string of the molecule is CC1(C)CC(=O)C/C(=N\NC(=O)c2ccccc2OCc2ccccc2)C1. The molecule has 1 amide bonds. The van der Waals surface area contributed by atoms with E-state index in [0.29, 0.717) is 42.9 Å². The number of amides is 1. The third-order valence-electron chi connectivity index (χ3n) is 4.44. The van der Waals surface area contributed by atoms with Gasteiger partial charge < -0.3 is 4.74 Å². The molecule has 2 aromatic carbocycles. The van der Waals surface area contributed by atoms with E-state index in [1.165, 1.54) is 0 Å². The van der Waals surface area contributed by atoms with E-state index in [4.69, 9.17) is 4.74 Å². The maximum Gasteiger partial charge on any atom is 0.275 e. The van der Waals surface area contributed by atoms with E-state index in [0.717, 1.165) is 5.56 Å². The second kappa shape index (κ2) is 8.16. The topological polar surface area (TPSA) is 67.8 Å². The lowest BCUT2D eigenvalue weighted by atomic mass is 9.76.